The van der Waals surface area contributed by atoms with Gasteiger partial charge in [-0.25, -0.2) is 14.8 Å². The average Bonchev–Trinajstić information content (AvgIpc) is 3.33. The van der Waals surface area contributed by atoms with Crippen molar-refractivity contribution in [3.8, 4) is 0 Å². The maximum absolute atomic E-state index is 14.0. The standard InChI is InChI=1S/C32H45N3O3S/c1-16(2)26-27-21(7)29(23-13-18(4)25(36)14-17(23)3)39-30(27)35(31(37)38-32(9,10)11)28(26)24-15-34(33-12)22(8)19(5)20(24)6/h15-18,23,33H,8,13-14H2,1-7,9-12H3. The molecule has 3 atom stereocenters. The number of ketones is 1. The lowest BCUT2D eigenvalue weighted by molar-refractivity contribution is -0.125. The van der Waals surface area contributed by atoms with Gasteiger partial charge in [-0.3, -0.25) is 9.80 Å². The predicted octanol–water partition coefficient (Wildman–Crippen LogP) is 8.28. The number of hydrogen-bond donors (Lipinski definition) is 1. The van der Waals surface area contributed by atoms with Crippen LogP contribution in [-0.4, -0.2) is 34.1 Å². The summed E-state index contributed by atoms with van der Waals surface area (Å²) in [6, 6.07) is 0. The van der Waals surface area contributed by atoms with Gasteiger partial charge in [0, 0.05) is 41.4 Å². The molecule has 1 fully saturated rings. The van der Waals surface area contributed by atoms with Crippen LogP contribution < -0.4 is 5.43 Å². The number of nitrogens with one attached hydrogen (secondary N) is 1. The number of hydrazine groups is 1. The predicted molar refractivity (Wildman–Crippen MR) is 162 cm³/mol. The zero-order chi connectivity index (χ0) is 29.1. The maximum atomic E-state index is 14.0. The molecule has 0 spiro atoms. The van der Waals surface area contributed by atoms with E-state index in [4.69, 9.17) is 4.74 Å². The summed E-state index contributed by atoms with van der Waals surface area (Å²) in [5.41, 5.74) is 9.88. The smallest absolute Gasteiger partial charge is 0.420 e. The molecule has 4 rings (SSSR count). The summed E-state index contributed by atoms with van der Waals surface area (Å²) in [5, 5.41) is 3.07. The zero-order valence-corrected chi connectivity index (χ0v) is 26.4. The third-order valence-electron chi connectivity index (χ3n) is 8.42. The third kappa shape index (κ3) is 5.04. The van der Waals surface area contributed by atoms with Gasteiger partial charge < -0.3 is 4.74 Å². The highest BCUT2D eigenvalue weighted by Crippen LogP contribution is 2.50. The third-order valence-corrected chi connectivity index (χ3v) is 9.83. The number of carbonyl (C=O) groups is 2. The molecule has 2 aromatic rings. The highest BCUT2D eigenvalue weighted by atomic mass is 32.1. The lowest BCUT2D eigenvalue weighted by atomic mass is 9.73. The Morgan fingerprint density at radius 1 is 1.18 bits per heavy atom. The Morgan fingerprint density at radius 2 is 1.82 bits per heavy atom. The number of fused-ring (bicyclic) bond motifs is 1. The molecule has 0 amide bonds. The highest BCUT2D eigenvalue weighted by molar-refractivity contribution is 7.19. The summed E-state index contributed by atoms with van der Waals surface area (Å²) in [6.07, 6.45) is 3.14. The van der Waals surface area contributed by atoms with Crippen molar-refractivity contribution < 1.29 is 14.3 Å². The molecule has 0 bridgehead atoms. The number of rotatable bonds is 4. The molecule has 2 aromatic heterocycles. The number of carbonyl (C=O) groups excluding carboxylic acids is 2. The summed E-state index contributed by atoms with van der Waals surface area (Å²) in [6.45, 7) is 25.0. The minimum Gasteiger partial charge on any atom is -0.443 e. The molecule has 3 heterocycles. The van der Waals surface area contributed by atoms with Crippen LogP contribution in [0.1, 0.15) is 109 Å². The van der Waals surface area contributed by atoms with Crippen molar-refractivity contribution in [2.75, 3.05) is 7.05 Å². The minimum atomic E-state index is -0.640. The fourth-order valence-electron chi connectivity index (χ4n) is 6.11. The number of allylic oxidation sites excluding steroid dienone is 3. The Bertz CT molecular complexity index is 1410. The van der Waals surface area contributed by atoms with Gasteiger partial charge in [0.05, 0.1) is 11.4 Å². The average molecular weight is 552 g/mol. The van der Waals surface area contributed by atoms with Crippen LogP contribution in [0.25, 0.3) is 15.8 Å². The number of aromatic nitrogens is 1. The summed E-state index contributed by atoms with van der Waals surface area (Å²) in [5.74, 6) is 1.16. The Hall–Kier alpha value is -2.64. The number of Topliss-reactive ketones (excluding diaryl/α,β-unsaturated/α-hetero) is 1. The molecule has 7 heteroatoms. The van der Waals surface area contributed by atoms with E-state index in [0.717, 1.165) is 50.3 Å². The molecule has 1 aliphatic carbocycles. The Kier molecular flexibility index (Phi) is 7.82. The first-order valence-electron chi connectivity index (χ1n) is 14.1. The van der Waals surface area contributed by atoms with Gasteiger partial charge in [0.15, 0.2) is 0 Å². The second-order valence-corrected chi connectivity index (χ2v) is 13.8. The van der Waals surface area contributed by atoms with Crippen molar-refractivity contribution in [3.63, 3.8) is 0 Å². The Balaban J connectivity index is 2.06. The highest BCUT2D eigenvalue weighted by Gasteiger charge is 2.38. The summed E-state index contributed by atoms with van der Waals surface area (Å²) in [4.78, 5) is 28.7. The first kappa shape index (κ1) is 29.3. The van der Waals surface area contributed by atoms with Crippen LogP contribution >= 0.6 is 11.3 Å². The quantitative estimate of drug-likeness (QED) is 0.414. The van der Waals surface area contributed by atoms with E-state index in [1.165, 1.54) is 10.4 Å². The van der Waals surface area contributed by atoms with E-state index in [0.29, 0.717) is 18.1 Å². The molecular formula is C32H45N3O3S. The van der Waals surface area contributed by atoms with Gasteiger partial charge in [-0.15, -0.1) is 11.3 Å². The molecule has 212 valence electrons. The lowest BCUT2D eigenvalue weighted by Crippen LogP contribution is -2.33. The topological polar surface area (TPSA) is 63.6 Å². The first-order chi connectivity index (χ1) is 18.1. The molecule has 0 aromatic carbocycles. The molecule has 1 aliphatic heterocycles. The lowest BCUT2D eigenvalue weighted by Gasteiger charge is -2.32. The van der Waals surface area contributed by atoms with Crippen LogP contribution in [0.5, 0.6) is 0 Å². The molecule has 0 radical (unpaired) electrons. The first-order valence-corrected chi connectivity index (χ1v) is 14.9. The van der Waals surface area contributed by atoms with E-state index in [1.54, 1.807) is 11.3 Å². The Morgan fingerprint density at radius 3 is 2.38 bits per heavy atom. The fraction of sp³-hybridized carbons (Fsp3) is 0.562. The van der Waals surface area contributed by atoms with Crippen LogP contribution in [0.3, 0.4) is 0 Å². The minimum absolute atomic E-state index is 0.0592. The van der Waals surface area contributed by atoms with Crippen molar-refractivity contribution in [2.45, 2.75) is 99.5 Å². The van der Waals surface area contributed by atoms with Crippen molar-refractivity contribution in [1.82, 2.24) is 15.0 Å². The van der Waals surface area contributed by atoms with Gasteiger partial charge in [0.25, 0.3) is 0 Å². The number of hydrogen-bond acceptors (Lipinski definition) is 6. The second kappa shape index (κ2) is 10.4. The molecular weight excluding hydrogens is 506 g/mol. The van der Waals surface area contributed by atoms with Gasteiger partial charge in [-0.2, -0.15) is 0 Å². The molecule has 39 heavy (non-hydrogen) atoms. The second-order valence-electron chi connectivity index (χ2n) is 12.7. The van der Waals surface area contributed by atoms with E-state index in [9.17, 15) is 9.59 Å². The van der Waals surface area contributed by atoms with E-state index in [2.05, 4.69) is 60.5 Å². The summed E-state index contributed by atoms with van der Waals surface area (Å²) in [7, 11) is 1.87. The number of aryl methyl sites for hydroxylation is 1. The fourth-order valence-corrected chi connectivity index (χ4v) is 7.67. The SMILES string of the molecule is C=C1C(C)=C(C)C(c2c(C(C)C)c3c(C)c(C4CC(C)C(=O)CC4C)sc3n2C(=O)OC(C)(C)C)=CN1NC. The molecule has 1 saturated carbocycles. The number of thiophene rings is 1. The van der Waals surface area contributed by atoms with Crippen molar-refractivity contribution in [1.29, 1.82) is 0 Å². The van der Waals surface area contributed by atoms with Gasteiger partial charge in [0.1, 0.15) is 16.2 Å². The molecule has 2 aliphatic rings. The van der Waals surface area contributed by atoms with E-state index in [1.807, 2.05) is 43.6 Å². The number of nitrogens with zero attached hydrogens (tertiary/aromatic N) is 2. The van der Waals surface area contributed by atoms with Crippen molar-refractivity contribution in [2.24, 2.45) is 11.8 Å². The maximum Gasteiger partial charge on any atom is 0.420 e. The van der Waals surface area contributed by atoms with Crippen LogP contribution in [0.2, 0.25) is 0 Å². The molecule has 3 unspecified atom stereocenters. The largest absolute Gasteiger partial charge is 0.443 e. The van der Waals surface area contributed by atoms with E-state index in [-0.39, 0.29) is 23.8 Å². The zero-order valence-electron chi connectivity index (χ0n) is 25.5. The van der Waals surface area contributed by atoms with Crippen LogP contribution in [0, 0.1) is 18.8 Å². The Labute approximate surface area is 237 Å². The van der Waals surface area contributed by atoms with Crippen LogP contribution in [0.15, 0.2) is 29.6 Å². The normalized spacial score (nSPS) is 22.8. The van der Waals surface area contributed by atoms with Gasteiger partial charge in [-0.05, 0) is 88.0 Å². The van der Waals surface area contributed by atoms with Gasteiger partial charge in [0.2, 0.25) is 0 Å². The molecule has 1 N–H and O–H groups in total. The molecule has 0 saturated heterocycles. The van der Waals surface area contributed by atoms with Gasteiger partial charge in [-0.1, -0.05) is 34.3 Å². The van der Waals surface area contributed by atoms with Crippen LogP contribution in [0.4, 0.5) is 4.79 Å². The molecule has 6 nitrogen and oxygen atoms in total. The summed E-state index contributed by atoms with van der Waals surface area (Å²) < 4.78 is 7.86. The summed E-state index contributed by atoms with van der Waals surface area (Å²) >= 11 is 1.70. The van der Waals surface area contributed by atoms with E-state index >= 15 is 0 Å². The monoisotopic (exact) mass is 551 g/mol. The van der Waals surface area contributed by atoms with Crippen molar-refractivity contribution in [3.05, 3.63) is 51.3 Å². The van der Waals surface area contributed by atoms with E-state index < -0.39 is 5.60 Å². The van der Waals surface area contributed by atoms with Gasteiger partial charge >= 0.3 is 6.09 Å². The van der Waals surface area contributed by atoms with Crippen molar-refractivity contribution >= 4 is 39.0 Å². The van der Waals surface area contributed by atoms with Crippen LogP contribution in [-0.2, 0) is 9.53 Å². The number of ether oxygens (including phenoxy) is 1.